The van der Waals surface area contributed by atoms with Gasteiger partial charge in [-0.2, -0.15) is 10.8 Å². The molecule has 1 heterocycles. The van der Waals surface area contributed by atoms with Crippen molar-refractivity contribution in [1.82, 2.24) is 15.8 Å². The molecule has 1 aliphatic heterocycles. The predicted octanol–water partition coefficient (Wildman–Crippen LogP) is 4.06. The summed E-state index contributed by atoms with van der Waals surface area (Å²) >= 11 is 0. The molecule has 4 rings (SSSR count). The van der Waals surface area contributed by atoms with Gasteiger partial charge in [0.2, 0.25) is 0 Å². The molecule has 0 aromatic heterocycles. The maximum atomic E-state index is 16.0. The Bertz CT molecular complexity index is 1080. The molecule has 0 spiro atoms. The van der Waals surface area contributed by atoms with Crippen molar-refractivity contribution in [1.29, 1.82) is 5.26 Å². The highest BCUT2D eigenvalue weighted by Crippen LogP contribution is 2.41. The van der Waals surface area contributed by atoms with Gasteiger partial charge in [0.15, 0.2) is 0 Å². The lowest BCUT2D eigenvalue weighted by atomic mass is 9.79. The Morgan fingerprint density at radius 3 is 2.88 bits per heavy atom. The topological polar surface area (TPSA) is 68.2 Å². The van der Waals surface area contributed by atoms with Gasteiger partial charge < -0.3 is 10.2 Å². The maximum absolute atomic E-state index is 16.0. The lowest BCUT2D eigenvalue weighted by Crippen LogP contribution is -2.51. The fourth-order valence-corrected chi connectivity index (χ4v) is 5.12. The molecule has 3 aliphatic rings. The average molecular weight is 451 g/mol. The van der Waals surface area contributed by atoms with Crippen molar-refractivity contribution in [2.75, 3.05) is 19.6 Å². The summed E-state index contributed by atoms with van der Waals surface area (Å²) in [7, 11) is 0. The second-order valence-corrected chi connectivity index (χ2v) is 8.57. The molecular formula is C26H28F2N4O. The molecule has 1 aromatic carbocycles. The summed E-state index contributed by atoms with van der Waals surface area (Å²) < 4.78 is 28.7. The van der Waals surface area contributed by atoms with E-state index >= 15 is 4.39 Å². The third-order valence-electron chi connectivity index (χ3n) is 6.66. The standard InChI is InChI=1S/C26H28F2N4O/c1-2-3-14-32(15-13-30-28)25-21-12-11-20(23(27)24(21)31-26(33)22(25)16-29)19-10-6-8-17-7-4-5-9-18(17)19/h2,6,8,10-12,21,24,30H,1,3-5,7,9,13-15H2,(H,31,33). The van der Waals surface area contributed by atoms with Crippen LogP contribution < -0.4 is 10.9 Å². The van der Waals surface area contributed by atoms with Gasteiger partial charge >= 0.3 is 0 Å². The van der Waals surface area contributed by atoms with Crippen molar-refractivity contribution in [3.63, 3.8) is 0 Å². The number of fused-ring (bicyclic) bond motifs is 2. The van der Waals surface area contributed by atoms with E-state index < -0.39 is 23.7 Å². The van der Waals surface area contributed by atoms with Crippen LogP contribution in [0, 0.1) is 17.2 Å². The van der Waals surface area contributed by atoms with Gasteiger partial charge in [-0.1, -0.05) is 36.4 Å². The third-order valence-corrected chi connectivity index (χ3v) is 6.66. The molecule has 0 radical (unpaired) electrons. The van der Waals surface area contributed by atoms with Gasteiger partial charge in [0, 0.05) is 36.8 Å². The van der Waals surface area contributed by atoms with Gasteiger partial charge in [-0.25, -0.2) is 4.39 Å². The summed E-state index contributed by atoms with van der Waals surface area (Å²) in [6, 6.07) is 7.07. The van der Waals surface area contributed by atoms with Gasteiger partial charge in [-0.15, -0.1) is 11.1 Å². The van der Waals surface area contributed by atoms with E-state index in [0.717, 1.165) is 31.2 Å². The highest BCUT2D eigenvalue weighted by atomic mass is 19.2. The van der Waals surface area contributed by atoms with E-state index in [9.17, 15) is 14.5 Å². The first-order chi connectivity index (χ1) is 16.1. The monoisotopic (exact) mass is 450 g/mol. The van der Waals surface area contributed by atoms with Crippen LogP contribution in [0.5, 0.6) is 0 Å². The number of nitriles is 1. The van der Waals surface area contributed by atoms with E-state index in [4.69, 9.17) is 0 Å². The minimum Gasteiger partial charge on any atom is -0.371 e. The Labute approximate surface area is 193 Å². The highest BCUT2D eigenvalue weighted by molar-refractivity contribution is 6.00. The van der Waals surface area contributed by atoms with Crippen molar-refractivity contribution < 1.29 is 13.7 Å². The second kappa shape index (κ2) is 10.1. The van der Waals surface area contributed by atoms with Crippen molar-refractivity contribution in [3.05, 3.63) is 76.8 Å². The molecule has 2 N–H and O–H groups in total. The zero-order chi connectivity index (χ0) is 23.4. The molecule has 172 valence electrons. The number of benzene rings is 1. The van der Waals surface area contributed by atoms with Crippen LogP contribution >= 0.6 is 0 Å². The quantitative estimate of drug-likeness (QED) is 0.463. The summed E-state index contributed by atoms with van der Waals surface area (Å²) in [5, 5.41) is 12.4. The van der Waals surface area contributed by atoms with Crippen LogP contribution in [-0.2, 0) is 17.6 Å². The summed E-state index contributed by atoms with van der Waals surface area (Å²) in [6.45, 7) is 4.42. The molecule has 2 aliphatic carbocycles. The minimum atomic E-state index is -0.909. The number of nitrogens with one attached hydrogen (secondary N) is 2. The van der Waals surface area contributed by atoms with E-state index in [0.29, 0.717) is 24.2 Å². The molecule has 1 amide bonds. The first-order valence-electron chi connectivity index (χ1n) is 11.4. The van der Waals surface area contributed by atoms with Crippen LogP contribution in [0.2, 0.25) is 0 Å². The van der Waals surface area contributed by atoms with Crippen molar-refractivity contribution >= 4 is 11.5 Å². The number of aryl methyl sites for hydroxylation is 1. The molecule has 0 fully saturated rings. The lowest BCUT2D eigenvalue weighted by molar-refractivity contribution is -0.118. The van der Waals surface area contributed by atoms with Crippen LogP contribution in [0.25, 0.3) is 5.57 Å². The lowest BCUT2D eigenvalue weighted by Gasteiger charge is -2.40. The first kappa shape index (κ1) is 22.9. The van der Waals surface area contributed by atoms with Gasteiger partial charge in [0.25, 0.3) is 5.91 Å². The molecule has 2 atom stereocenters. The molecule has 0 bridgehead atoms. The largest absolute Gasteiger partial charge is 0.371 e. The van der Waals surface area contributed by atoms with Gasteiger partial charge in [-0.3, -0.25) is 4.79 Å². The predicted molar refractivity (Wildman–Crippen MR) is 124 cm³/mol. The summed E-state index contributed by atoms with van der Waals surface area (Å²) in [5.41, 5.74) is 5.78. The number of hydrogen-bond donors (Lipinski definition) is 2. The van der Waals surface area contributed by atoms with Crippen molar-refractivity contribution in [3.8, 4) is 6.07 Å². The SMILES string of the molecule is C=CCCN(CCNF)C1=C(C#N)C(=O)NC2C(F)=C(c3cccc4c3CCCC4)C=CC12. The van der Waals surface area contributed by atoms with E-state index in [2.05, 4.69) is 18.0 Å². The van der Waals surface area contributed by atoms with Crippen LogP contribution in [-0.4, -0.2) is 36.5 Å². The molecule has 2 unspecified atom stereocenters. The van der Waals surface area contributed by atoms with Gasteiger partial charge in [0.1, 0.15) is 17.5 Å². The number of nitrogens with zero attached hydrogens (tertiary/aromatic N) is 2. The number of carbonyl (C=O) groups excluding carboxylic acids is 1. The average Bonchev–Trinajstić information content (AvgIpc) is 2.84. The maximum Gasteiger partial charge on any atom is 0.264 e. The number of amides is 1. The fourth-order valence-electron chi connectivity index (χ4n) is 5.12. The van der Waals surface area contributed by atoms with Crippen LogP contribution in [0.4, 0.5) is 8.87 Å². The molecular weight excluding hydrogens is 422 g/mol. The van der Waals surface area contributed by atoms with Crippen LogP contribution in [0.15, 0.2) is 60.1 Å². The van der Waals surface area contributed by atoms with Gasteiger partial charge in [0.05, 0.1) is 6.04 Å². The highest BCUT2D eigenvalue weighted by Gasteiger charge is 2.42. The van der Waals surface area contributed by atoms with E-state index in [1.54, 1.807) is 22.6 Å². The summed E-state index contributed by atoms with van der Waals surface area (Å²) in [6.07, 6.45) is 10.0. The normalized spacial score (nSPS) is 21.8. The summed E-state index contributed by atoms with van der Waals surface area (Å²) in [4.78, 5) is 14.6. The molecule has 5 nitrogen and oxygen atoms in total. The minimum absolute atomic E-state index is 0.0157. The molecule has 7 heteroatoms. The number of rotatable bonds is 8. The van der Waals surface area contributed by atoms with E-state index in [1.807, 2.05) is 24.3 Å². The van der Waals surface area contributed by atoms with Crippen molar-refractivity contribution in [2.45, 2.75) is 38.1 Å². The smallest absolute Gasteiger partial charge is 0.264 e. The zero-order valence-electron chi connectivity index (χ0n) is 18.5. The zero-order valence-corrected chi connectivity index (χ0v) is 18.5. The Hall–Kier alpha value is -3.24. The molecule has 33 heavy (non-hydrogen) atoms. The number of allylic oxidation sites excluding steroid dienone is 2. The summed E-state index contributed by atoms with van der Waals surface area (Å²) in [5.74, 6) is -1.56. The van der Waals surface area contributed by atoms with Gasteiger partial charge in [-0.05, 0) is 48.8 Å². The number of hydrogen-bond acceptors (Lipinski definition) is 4. The Balaban J connectivity index is 1.76. The van der Waals surface area contributed by atoms with Crippen molar-refractivity contribution in [2.24, 2.45) is 5.92 Å². The fraction of sp³-hybridized carbons (Fsp3) is 0.385. The van der Waals surface area contributed by atoms with E-state index in [1.165, 1.54) is 11.1 Å². The first-order valence-corrected chi connectivity index (χ1v) is 11.4. The Morgan fingerprint density at radius 1 is 1.30 bits per heavy atom. The molecule has 0 saturated heterocycles. The van der Waals surface area contributed by atoms with Crippen LogP contribution in [0.1, 0.15) is 36.0 Å². The molecule has 1 aromatic rings. The number of halogens is 2. The Morgan fingerprint density at radius 2 is 2.12 bits per heavy atom. The van der Waals surface area contributed by atoms with Crippen LogP contribution in [0.3, 0.4) is 0 Å². The Kier molecular flexibility index (Phi) is 7.05. The van der Waals surface area contributed by atoms with E-state index in [-0.39, 0.29) is 18.7 Å². The third kappa shape index (κ3) is 4.36. The number of carbonyl (C=O) groups is 1. The second-order valence-electron chi connectivity index (χ2n) is 8.57. The molecule has 0 saturated carbocycles.